The Hall–Kier alpha value is -1.57. The molecule has 33 heavy (non-hydrogen) atoms. The smallest absolute Gasteiger partial charge is 0.119 e. The molecule has 0 amide bonds. The third-order valence-electron chi connectivity index (χ3n) is 5.79. The summed E-state index contributed by atoms with van der Waals surface area (Å²) in [6, 6.07) is 19.2. The number of hydrogen-bond acceptors (Lipinski definition) is 6. The van der Waals surface area contributed by atoms with Gasteiger partial charge < -0.3 is 25.2 Å². The molecule has 5 nitrogen and oxygen atoms in total. The lowest BCUT2D eigenvalue weighted by molar-refractivity contribution is 0.0336. The Balaban J connectivity index is 1.17. The first-order valence-electron chi connectivity index (χ1n) is 12.3. The molecule has 0 saturated carbocycles. The molecule has 1 aliphatic heterocycles. The van der Waals surface area contributed by atoms with Gasteiger partial charge in [0.25, 0.3) is 0 Å². The minimum Gasteiger partial charge on any atom is -0.492 e. The quantitative estimate of drug-likeness (QED) is 0.321. The average molecular weight is 473 g/mol. The van der Waals surface area contributed by atoms with Crippen LogP contribution in [-0.2, 0) is 17.6 Å². The first-order chi connectivity index (χ1) is 16.2. The fourth-order valence-electron chi connectivity index (χ4n) is 3.82. The molecule has 2 aromatic carbocycles. The molecule has 3 unspecified atom stereocenters. The first kappa shape index (κ1) is 26.0. The van der Waals surface area contributed by atoms with Crippen molar-refractivity contribution >= 4 is 11.8 Å². The zero-order chi connectivity index (χ0) is 23.1. The van der Waals surface area contributed by atoms with Gasteiger partial charge in [0.15, 0.2) is 0 Å². The predicted octanol–water partition coefficient (Wildman–Crippen LogP) is 4.04. The van der Waals surface area contributed by atoms with Gasteiger partial charge in [0.1, 0.15) is 12.4 Å². The Labute approximate surface area is 203 Å². The van der Waals surface area contributed by atoms with E-state index in [4.69, 9.17) is 9.47 Å². The largest absolute Gasteiger partial charge is 0.492 e. The van der Waals surface area contributed by atoms with Crippen molar-refractivity contribution in [3.8, 4) is 5.75 Å². The van der Waals surface area contributed by atoms with Crippen molar-refractivity contribution in [2.45, 2.75) is 56.4 Å². The summed E-state index contributed by atoms with van der Waals surface area (Å²) in [5, 5.41) is 17.5. The summed E-state index contributed by atoms with van der Waals surface area (Å²) in [5.74, 6) is 1.95. The van der Waals surface area contributed by atoms with Gasteiger partial charge in [-0.2, -0.15) is 0 Å². The minimum atomic E-state index is -0.501. The molecule has 2 aromatic rings. The van der Waals surface area contributed by atoms with E-state index in [2.05, 4.69) is 72.2 Å². The van der Waals surface area contributed by atoms with Crippen LogP contribution < -0.4 is 15.4 Å². The second kappa shape index (κ2) is 15.4. The predicted molar refractivity (Wildman–Crippen MR) is 138 cm³/mol. The van der Waals surface area contributed by atoms with E-state index >= 15 is 0 Å². The lowest BCUT2D eigenvalue weighted by Gasteiger charge is -2.18. The van der Waals surface area contributed by atoms with Gasteiger partial charge >= 0.3 is 0 Å². The van der Waals surface area contributed by atoms with E-state index in [1.807, 2.05) is 11.8 Å². The first-order valence-corrected chi connectivity index (χ1v) is 13.3. The summed E-state index contributed by atoms with van der Waals surface area (Å²) in [4.78, 5) is 0. The summed E-state index contributed by atoms with van der Waals surface area (Å²) >= 11 is 1.99. The molecule has 0 radical (unpaired) electrons. The van der Waals surface area contributed by atoms with E-state index in [1.165, 1.54) is 17.5 Å². The number of aryl methyl sites for hydroxylation is 1. The molecule has 1 heterocycles. The third-order valence-corrected chi connectivity index (χ3v) is 6.96. The fourth-order valence-corrected chi connectivity index (χ4v) is 4.84. The molecule has 182 valence electrons. The number of hydrogen-bond donors (Lipinski definition) is 3. The summed E-state index contributed by atoms with van der Waals surface area (Å²) in [6.45, 7) is 5.31. The SMILES string of the molecule is CC(COc1ccc(CC2CNCS2)cc1)NCC(O)COCCCCCc1ccccc1. The average Bonchev–Trinajstić information content (AvgIpc) is 3.35. The second-order valence-corrected chi connectivity index (χ2v) is 10.2. The van der Waals surface area contributed by atoms with Crippen molar-refractivity contribution in [2.24, 2.45) is 0 Å². The van der Waals surface area contributed by atoms with Crippen LogP contribution >= 0.6 is 11.8 Å². The van der Waals surface area contributed by atoms with Crippen molar-refractivity contribution in [1.82, 2.24) is 10.6 Å². The molecule has 0 spiro atoms. The van der Waals surface area contributed by atoms with Gasteiger partial charge in [-0.05, 0) is 55.9 Å². The van der Waals surface area contributed by atoms with Crippen molar-refractivity contribution in [3.05, 3.63) is 65.7 Å². The highest BCUT2D eigenvalue weighted by Crippen LogP contribution is 2.21. The highest BCUT2D eigenvalue weighted by molar-refractivity contribution is 8.00. The Morgan fingerprint density at radius 1 is 1.03 bits per heavy atom. The molecular weight excluding hydrogens is 432 g/mol. The van der Waals surface area contributed by atoms with Crippen LogP contribution in [0.25, 0.3) is 0 Å². The number of nitrogens with one attached hydrogen (secondary N) is 2. The minimum absolute atomic E-state index is 0.151. The Kier molecular flexibility index (Phi) is 12.1. The van der Waals surface area contributed by atoms with Crippen LogP contribution in [0.2, 0.25) is 0 Å². The highest BCUT2D eigenvalue weighted by atomic mass is 32.2. The molecule has 0 aromatic heterocycles. The standard InChI is InChI=1S/C27H40N2O3S/c1-22(19-32-26-13-11-24(12-14-26)16-27-18-28-21-33-27)29-17-25(30)20-31-15-7-3-6-10-23-8-4-2-5-9-23/h2,4-5,8-9,11-14,22,25,27-30H,3,6-7,10,15-21H2,1H3. The molecule has 1 saturated heterocycles. The van der Waals surface area contributed by atoms with E-state index in [-0.39, 0.29) is 6.04 Å². The van der Waals surface area contributed by atoms with Crippen LogP contribution in [0, 0.1) is 0 Å². The molecule has 0 bridgehead atoms. The lowest BCUT2D eigenvalue weighted by atomic mass is 10.1. The van der Waals surface area contributed by atoms with Crippen molar-refractivity contribution in [3.63, 3.8) is 0 Å². The van der Waals surface area contributed by atoms with Gasteiger partial charge in [-0.25, -0.2) is 0 Å². The van der Waals surface area contributed by atoms with Gasteiger partial charge in [0.05, 0.1) is 12.7 Å². The number of rotatable bonds is 16. The molecule has 1 aliphatic rings. The molecule has 0 aliphatic carbocycles. The summed E-state index contributed by atoms with van der Waals surface area (Å²) in [7, 11) is 0. The van der Waals surface area contributed by atoms with Gasteiger partial charge in [-0.3, -0.25) is 0 Å². The molecule has 1 fully saturated rings. The summed E-state index contributed by atoms with van der Waals surface area (Å²) in [6.07, 6.45) is 5.08. The van der Waals surface area contributed by atoms with Crippen molar-refractivity contribution in [1.29, 1.82) is 0 Å². The number of aliphatic hydroxyl groups is 1. The Morgan fingerprint density at radius 2 is 1.85 bits per heavy atom. The summed E-state index contributed by atoms with van der Waals surface area (Å²) in [5.41, 5.74) is 2.75. The maximum Gasteiger partial charge on any atom is 0.119 e. The lowest BCUT2D eigenvalue weighted by Crippen LogP contribution is -2.39. The molecule has 3 atom stereocenters. The van der Waals surface area contributed by atoms with E-state index in [0.29, 0.717) is 31.6 Å². The zero-order valence-corrected chi connectivity index (χ0v) is 20.7. The second-order valence-electron chi connectivity index (χ2n) is 8.88. The van der Waals surface area contributed by atoms with Gasteiger partial charge in [0, 0.05) is 36.9 Å². The fraction of sp³-hybridized carbons (Fsp3) is 0.556. The number of unbranched alkanes of at least 4 members (excludes halogenated alkanes) is 2. The maximum atomic E-state index is 10.1. The number of thioether (sulfide) groups is 1. The van der Waals surface area contributed by atoms with Crippen LogP contribution in [0.4, 0.5) is 0 Å². The third kappa shape index (κ3) is 10.9. The van der Waals surface area contributed by atoms with Crippen LogP contribution in [0.1, 0.15) is 37.3 Å². The molecule has 3 N–H and O–H groups in total. The van der Waals surface area contributed by atoms with E-state index in [0.717, 1.165) is 43.9 Å². The van der Waals surface area contributed by atoms with Crippen molar-refractivity contribution in [2.75, 3.05) is 38.8 Å². The molecular formula is C27H40N2O3S. The van der Waals surface area contributed by atoms with Gasteiger partial charge in [-0.1, -0.05) is 48.9 Å². The van der Waals surface area contributed by atoms with E-state index in [9.17, 15) is 5.11 Å². The normalized spacial score (nSPS) is 17.7. The van der Waals surface area contributed by atoms with Crippen LogP contribution in [0.3, 0.4) is 0 Å². The Morgan fingerprint density at radius 3 is 2.61 bits per heavy atom. The zero-order valence-electron chi connectivity index (χ0n) is 19.9. The number of aliphatic hydroxyl groups excluding tert-OH is 1. The topological polar surface area (TPSA) is 62.8 Å². The van der Waals surface area contributed by atoms with E-state index < -0.39 is 6.10 Å². The van der Waals surface area contributed by atoms with Gasteiger partial charge in [-0.15, -0.1) is 11.8 Å². The van der Waals surface area contributed by atoms with Crippen LogP contribution in [0.15, 0.2) is 54.6 Å². The molecule has 6 heteroatoms. The monoisotopic (exact) mass is 472 g/mol. The maximum absolute atomic E-state index is 10.1. The van der Waals surface area contributed by atoms with Gasteiger partial charge in [0.2, 0.25) is 0 Å². The Bertz CT molecular complexity index is 754. The van der Waals surface area contributed by atoms with Crippen molar-refractivity contribution < 1.29 is 14.6 Å². The van der Waals surface area contributed by atoms with Crippen LogP contribution in [-0.4, -0.2) is 61.3 Å². The molecule has 3 rings (SSSR count). The summed E-state index contributed by atoms with van der Waals surface area (Å²) < 4.78 is 11.5. The number of benzene rings is 2. The highest BCUT2D eigenvalue weighted by Gasteiger charge is 2.15. The van der Waals surface area contributed by atoms with Crippen LogP contribution in [0.5, 0.6) is 5.75 Å². The van der Waals surface area contributed by atoms with E-state index in [1.54, 1.807) is 0 Å². The number of ether oxygens (including phenoxy) is 2.